The first kappa shape index (κ1) is 13.7. The maximum absolute atomic E-state index is 13.0. The van der Waals surface area contributed by atoms with Gasteiger partial charge in [0, 0.05) is 25.8 Å². The fraction of sp³-hybridized carbons (Fsp3) is 0.400. The van der Waals surface area contributed by atoms with E-state index in [4.69, 9.17) is 0 Å². The largest absolute Gasteiger partial charge is 0.337 e. The first-order chi connectivity index (χ1) is 9.08. The van der Waals surface area contributed by atoms with Gasteiger partial charge in [0.1, 0.15) is 5.82 Å². The van der Waals surface area contributed by atoms with Crippen LogP contribution >= 0.6 is 0 Å². The Hall–Kier alpha value is -1.68. The van der Waals surface area contributed by atoms with Gasteiger partial charge in [0.05, 0.1) is 12.0 Å². The molecule has 19 heavy (non-hydrogen) atoms. The number of hydrogen-bond donors (Lipinski definition) is 1. The average Bonchev–Trinajstić information content (AvgIpc) is 2.77. The zero-order chi connectivity index (χ0) is 13.8. The topological polar surface area (TPSA) is 29.9 Å². The summed E-state index contributed by atoms with van der Waals surface area (Å²) >= 11 is 0. The molecule has 0 fully saturated rings. The summed E-state index contributed by atoms with van der Waals surface area (Å²) in [6, 6.07) is 6.91. The summed E-state index contributed by atoms with van der Waals surface area (Å²) in [5.41, 5.74) is 2.24. The van der Waals surface area contributed by atoms with Crippen molar-refractivity contribution in [2.75, 3.05) is 0 Å². The number of hydrogen-bond acceptors (Lipinski definition) is 2. The lowest BCUT2D eigenvalue weighted by molar-refractivity contribution is 0.405. The number of halogens is 1. The molecule has 2 aromatic rings. The third-order valence-corrected chi connectivity index (χ3v) is 3.32. The standard InChI is InChI=1S/C15H20FN3/c1-11(2)15(12-4-6-13(16)7-5-12)18-9-14-8-17-10-19(14)3/h4-8,10-11,15,18H,9H2,1-3H3. The second-order valence-corrected chi connectivity index (χ2v) is 5.15. The van der Waals surface area contributed by atoms with Crippen LogP contribution in [-0.4, -0.2) is 9.55 Å². The van der Waals surface area contributed by atoms with Crippen LogP contribution in [0.25, 0.3) is 0 Å². The second-order valence-electron chi connectivity index (χ2n) is 5.15. The van der Waals surface area contributed by atoms with Crippen molar-refractivity contribution in [3.05, 3.63) is 53.9 Å². The molecule has 1 unspecified atom stereocenters. The van der Waals surface area contributed by atoms with Crippen LogP contribution in [0.2, 0.25) is 0 Å². The van der Waals surface area contributed by atoms with E-state index >= 15 is 0 Å². The van der Waals surface area contributed by atoms with Crippen molar-refractivity contribution in [2.24, 2.45) is 13.0 Å². The summed E-state index contributed by atoms with van der Waals surface area (Å²) in [6.07, 6.45) is 3.65. The van der Waals surface area contributed by atoms with Gasteiger partial charge in [0.25, 0.3) is 0 Å². The summed E-state index contributed by atoms with van der Waals surface area (Å²) in [4.78, 5) is 4.10. The Morgan fingerprint density at radius 1 is 1.26 bits per heavy atom. The van der Waals surface area contributed by atoms with Crippen molar-refractivity contribution in [2.45, 2.75) is 26.4 Å². The summed E-state index contributed by atoms with van der Waals surface area (Å²) in [5, 5.41) is 3.51. The van der Waals surface area contributed by atoms with Crippen LogP contribution < -0.4 is 5.32 Å². The van der Waals surface area contributed by atoms with Gasteiger partial charge >= 0.3 is 0 Å². The highest BCUT2D eigenvalue weighted by Gasteiger charge is 2.15. The normalized spacial score (nSPS) is 12.9. The third kappa shape index (κ3) is 3.41. The van der Waals surface area contributed by atoms with Crippen molar-refractivity contribution >= 4 is 0 Å². The molecule has 1 atom stereocenters. The summed E-state index contributed by atoms with van der Waals surface area (Å²) in [6.45, 7) is 5.06. The van der Waals surface area contributed by atoms with Crippen LogP contribution in [0.3, 0.4) is 0 Å². The Morgan fingerprint density at radius 2 is 1.95 bits per heavy atom. The number of imidazole rings is 1. The van der Waals surface area contributed by atoms with Gasteiger partial charge < -0.3 is 9.88 Å². The molecule has 1 aromatic heterocycles. The molecule has 0 spiro atoms. The minimum absolute atomic E-state index is 0.196. The molecule has 0 aliphatic heterocycles. The highest BCUT2D eigenvalue weighted by atomic mass is 19.1. The Bertz CT molecular complexity index is 516. The molecule has 0 radical (unpaired) electrons. The van der Waals surface area contributed by atoms with E-state index in [0.717, 1.165) is 17.8 Å². The van der Waals surface area contributed by atoms with Gasteiger partial charge in [-0.05, 0) is 23.6 Å². The van der Waals surface area contributed by atoms with Crippen molar-refractivity contribution in [3.8, 4) is 0 Å². The van der Waals surface area contributed by atoms with Crippen LogP contribution in [0.4, 0.5) is 4.39 Å². The number of aryl methyl sites for hydroxylation is 1. The van der Waals surface area contributed by atoms with Crippen molar-refractivity contribution in [1.82, 2.24) is 14.9 Å². The predicted octanol–water partition coefficient (Wildman–Crippen LogP) is 3.05. The molecule has 0 aliphatic carbocycles. The van der Waals surface area contributed by atoms with Gasteiger partial charge in [-0.3, -0.25) is 0 Å². The SMILES string of the molecule is CC(C)C(NCc1cncn1C)c1ccc(F)cc1. The highest BCUT2D eigenvalue weighted by molar-refractivity contribution is 5.20. The van der Waals surface area contributed by atoms with Crippen LogP contribution in [0.1, 0.15) is 31.1 Å². The lowest BCUT2D eigenvalue weighted by atomic mass is 9.96. The van der Waals surface area contributed by atoms with E-state index in [1.165, 1.54) is 12.1 Å². The van der Waals surface area contributed by atoms with E-state index in [0.29, 0.717) is 5.92 Å². The van der Waals surface area contributed by atoms with Crippen LogP contribution in [0, 0.1) is 11.7 Å². The molecular weight excluding hydrogens is 241 g/mol. The first-order valence-electron chi connectivity index (χ1n) is 6.52. The lowest BCUT2D eigenvalue weighted by Gasteiger charge is -2.23. The molecule has 0 bridgehead atoms. The highest BCUT2D eigenvalue weighted by Crippen LogP contribution is 2.22. The van der Waals surface area contributed by atoms with E-state index in [-0.39, 0.29) is 11.9 Å². The molecule has 0 saturated carbocycles. The number of rotatable bonds is 5. The molecule has 3 nitrogen and oxygen atoms in total. The number of nitrogens with one attached hydrogen (secondary N) is 1. The molecule has 1 aromatic carbocycles. The summed E-state index contributed by atoms with van der Waals surface area (Å²) < 4.78 is 15.0. The van der Waals surface area contributed by atoms with Gasteiger partial charge in [0.2, 0.25) is 0 Å². The predicted molar refractivity (Wildman–Crippen MR) is 74.0 cm³/mol. The molecule has 1 heterocycles. The average molecular weight is 261 g/mol. The van der Waals surface area contributed by atoms with E-state index in [9.17, 15) is 4.39 Å². The smallest absolute Gasteiger partial charge is 0.123 e. The Kier molecular flexibility index (Phi) is 4.32. The minimum Gasteiger partial charge on any atom is -0.337 e. The first-order valence-corrected chi connectivity index (χ1v) is 6.52. The van der Waals surface area contributed by atoms with Crippen molar-refractivity contribution in [3.63, 3.8) is 0 Å². The quantitative estimate of drug-likeness (QED) is 0.896. The third-order valence-electron chi connectivity index (χ3n) is 3.32. The Balaban J connectivity index is 2.08. The molecular formula is C15H20FN3. The second kappa shape index (κ2) is 5.97. The van der Waals surface area contributed by atoms with Crippen LogP contribution in [-0.2, 0) is 13.6 Å². The van der Waals surface area contributed by atoms with Crippen molar-refractivity contribution < 1.29 is 4.39 Å². The molecule has 4 heteroatoms. The monoisotopic (exact) mass is 261 g/mol. The number of aromatic nitrogens is 2. The molecule has 0 saturated heterocycles. The maximum atomic E-state index is 13.0. The molecule has 0 amide bonds. The number of benzene rings is 1. The minimum atomic E-state index is -0.196. The molecule has 0 aliphatic rings. The van der Waals surface area contributed by atoms with Crippen LogP contribution in [0.5, 0.6) is 0 Å². The van der Waals surface area contributed by atoms with E-state index < -0.39 is 0 Å². The van der Waals surface area contributed by atoms with E-state index in [2.05, 4.69) is 24.1 Å². The zero-order valence-corrected chi connectivity index (χ0v) is 11.6. The Morgan fingerprint density at radius 3 is 2.47 bits per heavy atom. The zero-order valence-electron chi connectivity index (χ0n) is 11.6. The summed E-state index contributed by atoms with van der Waals surface area (Å²) in [7, 11) is 1.98. The number of nitrogens with zero attached hydrogens (tertiary/aromatic N) is 2. The van der Waals surface area contributed by atoms with Gasteiger partial charge in [-0.15, -0.1) is 0 Å². The molecule has 2 rings (SSSR count). The van der Waals surface area contributed by atoms with E-state index in [1.807, 2.05) is 29.9 Å². The van der Waals surface area contributed by atoms with Gasteiger partial charge in [0.15, 0.2) is 0 Å². The molecule has 1 N–H and O–H groups in total. The van der Waals surface area contributed by atoms with Crippen LogP contribution in [0.15, 0.2) is 36.8 Å². The fourth-order valence-corrected chi connectivity index (χ4v) is 2.18. The van der Waals surface area contributed by atoms with Gasteiger partial charge in [-0.25, -0.2) is 9.37 Å². The maximum Gasteiger partial charge on any atom is 0.123 e. The lowest BCUT2D eigenvalue weighted by Crippen LogP contribution is -2.26. The van der Waals surface area contributed by atoms with Gasteiger partial charge in [-0.2, -0.15) is 0 Å². The molecule has 102 valence electrons. The summed E-state index contributed by atoms with van der Waals surface area (Å²) in [5.74, 6) is 0.233. The van der Waals surface area contributed by atoms with E-state index in [1.54, 1.807) is 6.33 Å². The fourth-order valence-electron chi connectivity index (χ4n) is 2.18. The van der Waals surface area contributed by atoms with Crippen molar-refractivity contribution in [1.29, 1.82) is 0 Å². The van der Waals surface area contributed by atoms with Gasteiger partial charge in [-0.1, -0.05) is 26.0 Å². The Labute approximate surface area is 113 Å².